The second kappa shape index (κ2) is 14.3. The fourth-order valence-electron chi connectivity index (χ4n) is 0.438. The monoisotopic (exact) mass is 257 g/mol. The molecule has 0 saturated carbocycles. The van der Waals surface area contributed by atoms with Crippen molar-refractivity contribution in [1.29, 1.82) is 0 Å². The van der Waals surface area contributed by atoms with Crippen LogP contribution in [-0.4, -0.2) is 9.52 Å². The van der Waals surface area contributed by atoms with E-state index >= 15 is 0 Å². The molecule has 0 bridgehead atoms. The number of hydrogen-bond acceptors (Lipinski definition) is 0. The van der Waals surface area contributed by atoms with E-state index in [0.717, 1.165) is 0 Å². The molecule has 0 atom stereocenters. The van der Waals surface area contributed by atoms with Gasteiger partial charge < -0.3 is 0 Å². The Balaban J connectivity index is -0.000000146. The molecule has 12 heavy (non-hydrogen) atoms. The standard InChI is InChI=1S/C6H5.C2H8Si.2ClH.Ti/c1-2-4-6-5-3-1;1-3-2;;;/h1-5H;3H2,1-2H3;2*1H;. The van der Waals surface area contributed by atoms with E-state index in [1.807, 2.05) is 18.2 Å². The van der Waals surface area contributed by atoms with Crippen LogP contribution in [0.25, 0.3) is 0 Å². The van der Waals surface area contributed by atoms with E-state index in [2.05, 4.69) is 45.7 Å². The number of halogens is 2. The third kappa shape index (κ3) is 13.3. The van der Waals surface area contributed by atoms with E-state index < -0.39 is 0 Å². The maximum absolute atomic E-state index is 2.26. The van der Waals surface area contributed by atoms with E-state index in [4.69, 9.17) is 0 Å². The fraction of sp³-hybridized carbons (Fsp3) is 0.250. The minimum absolute atomic E-state index is 0. The predicted octanol–water partition coefficient (Wildman–Crippen LogP) is 1.95. The van der Waals surface area contributed by atoms with Gasteiger partial charge in [-0.1, -0.05) is 13.1 Å². The number of benzene rings is 1. The van der Waals surface area contributed by atoms with Gasteiger partial charge in [0.1, 0.15) is 0 Å². The van der Waals surface area contributed by atoms with Gasteiger partial charge in [0, 0.05) is 9.52 Å². The maximum atomic E-state index is 2.26. The first-order valence-electron chi connectivity index (χ1n) is 3.57. The summed E-state index contributed by atoms with van der Waals surface area (Å²) < 4.78 is 1.32. The Labute approximate surface area is 102 Å². The molecule has 4 heteroatoms. The van der Waals surface area contributed by atoms with Crippen LogP contribution in [0.3, 0.4) is 0 Å². The first-order chi connectivity index (χ1) is 4.81. The molecule has 0 N–H and O–H groups in total. The van der Waals surface area contributed by atoms with E-state index in [1.165, 1.54) is 3.87 Å². The summed E-state index contributed by atoms with van der Waals surface area (Å²) >= 11 is 2.08. The van der Waals surface area contributed by atoms with E-state index in [1.54, 1.807) is 0 Å². The normalized spacial score (nSPS) is 6.42. The molecule has 0 spiro atoms. The van der Waals surface area contributed by atoms with E-state index in [0.29, 0.717) is 9.52 Å². The van der Waals surface area contributed by atoms with Crippen molar-refractivity contribution < 1.29 is 20.4 Å². The molecule has 0 nitrogen and oxygen atoms in total. The molecule has 0 fully saturated rings. The zero-order chi connectivity index (χ0) is 7.82. The SMILES string of the molecule is C[SiH2]C.Cl.Cl.[Ti][c]1ccccc1. The van der Waals surface area contributed by atoms with E-state index in [-0.39, 0.29) is 24.8 Å². The van der Waals surface area contributed by atoms with Gasteiger partial charge in [-0.15, -0.1) is 24.8 Å². The van der Waals surface area contributed by atoms with Gasteiger partial charge in [-0.25, -0.2) is 0 Å². The van der Waals surface area contributed by atoms with Gasteiger partial charge in [-0.05, 0) is 0 Å². The van der Waals surface area contributed by atoms with Gasteiger partial charge in [-0.3, -0.25) is 0 Å². The Kier molecular flexibility index (Phi) is 22.0. The second-order valence-corrected chi connectivity index (χ2v) is 4.39. The van der Waals surface area contributed by atoms with Crippen molar-refractivity contribution in [2.24, 2.45) is 0 Å². The Bertz CT molecular complexity index is 158. The van der Waals surface area contributed by atoms with Crippen LogP contribution in [0.4, 0.5) is 0 Å². The molecule has 1 rings (SSSR count). The van der Waals surface area contributed by atoms with Crippen LogP contribution < -0.4 is 3.87 Å². The zero-order valence-corrected chi connectivity index (χ0v) is 12.0. The van der Waals surface area contributed by atoms with Gasteiger partial charge in [-0.2, -0.15) is 0 Å². The molecule has 0 aliphatic heterocycles. The number of hydrogen-bond donors (Lipinski definition) is 0. The third-order valence-corrected chi connectivity index (χ3v) is 1.29. The number of rotatable bonds is 0. The Morgan fingerprint density at radius 2 is 1.33 bits per heavy atom. The van der Waals surface area contributed by atoms with Crippen molar-refractivity contribution in [2.45, 2.75) is 13.1 Å². The summed E-state index contributed by atoms with van der Waals surface area (Å²) in [6.07, 6.45) is 0. The van der Waals surface area contributed by atoms with Gasteiger partial charge in [0.15, 0.2) is 0 Å². The Morgan fingerprint density at radius 3 is 1.50 bits per heavy atom. The molecular weight excluding hydrogens is 243 g/mol. The van der Waals surface area contributed by atoms with Crippen LogP contribution >= 0.6 is 24.8 Å². The summed E-state index contributed by atoms with van der Waals surface area (Å²) in [6.45, 7) is 4.53. The van der Waals surface area contributed by atoms with Gasteiger partial charge in [0.05, 0.1) is 0 Å². The van der Waals surface area contributed by atoms with Crippen molar-refractivity contribution in [3.8, 4) is 0 Å². The average molecular weight is 258 g/mol. The predicted molar refractivity (Wildman–Crippen MR) is 60.8 cm³/mol. The van der Waals surface area contributed by atoms with Crippen LogP contribution in [0.5, 0.6) is 0 Å². The molecule has 0 aliphatic carbocycles. The van der Waals surface area contributed by atoms with Crippen LogP contribution in [0, 0.1) is 0 Å². The van der Waals surface area contributed by atoms with Gasteiger partial charge in [0.25, 0.3) is 0 Å². The zero-order valence-electron chi connectivity index (χ0n) is 7.41. The first-order valence-corrected chi connectivity index (χ1v) is 7.18. The molecule has 0 amide bonds. The van der Waals surface area contributed by atoms with Crippen molar-refractivity contribution in [3.05, 3.63) is 30.3 Å². The summed E-state index contributed by atoms with van der Waals surface area (Å²) in [4.78, 5) is 0. The topological polar surface area (TPSA) is 0 Å². The molecule has 0 aliphatic rings. The fourth-order valence-corrected chi connectivity index (χ4v) is 0.739. The Hall–Kier alpha value is 0.731. The average Bonchev–Trinajstić information content (AvgIpc) is 1.91. The molecule has 69 valence electrons. The third-order valence-electron chi connectivity index (χ3n) is 0.774. The van der Waals surface area contributed by atoms with Crippen molar-refractivity contribution in [2.75, 3.05) is 0 Å². The van der Waals surface area contributed by atoms with Gasteiger partial charge >= 0.3 is 54.6 Å². The molecule has 1 aromatic carbocycles. The van der Waals surface area contributed by atoms with E-state index in [9.17, 15) is 0 Å². The van der Waals surface area contributed by atoms with Crippen LogP contribution in [-0.2, 0) is 20.4 Å². The van der Waals surface area contributed by atoms with Crippen LogP contribution in [0.1, 0.15) is 0 Å². The van der Waals surface area contributed by atoms with Crippen molar-refractivity contribution in [1.82, 2.24) is 0 Å². The quantitative estimate of drug-likeness (QED) is 0.624. The molecule has 0 aromatic heterocycles. The summed E-state index contributed by atoms with van der Waals surface area (Å²) in [7, 11) is 0.417. The summed E-state index contributed by atoms with van der Waals surface area (Å²) in [5, 5.41) is 0. The van der Waals surface area contributed by atoms with Crippen LogP contribution in [0.15, 0.2) is 30.3 Å². The Morgan fingerprint density at radius 1 is 1.00 bits per heavy atom. The van der Waals surface area contributed by atoms with Gasteiger partial charge in [0.2, 0.25) is 0 Å². The summed E-state index contributed by atoms with van der Waals surface area (Å²) in [6, 6.07) is 10.3. The molecule has 1 aromatic rings. The summed E-state index contributed by atoms with van der Waals surface area (Å²) in [5.41, 5.74) is 0. The molecule has 0 saturated heterocycles. The molecule has 0 radical (unpaired) electrons. The summed E-state index contributed by atoms with van der Waals surface area (Å²) in [5.74, 6) is 0. The minimum atomic E-state index is 0. The van der Waals surface area contributed by atoms with Crippen LogP contribution in [0.2, 0.25) is 13.1 Å². The molecular formula is C8H15Cl2SiTi. The second-order valence-electron chi connectivity index (χ2n) is 2.07. The first kappa shape index (κ1) is 18.5. The van der Waals surface area contributed by atoms with Crippen molar-refractivity contribution in [3.63, 3.8) is 0 Å². The molecule has 0 unspecified atom stereocenters. The molecule has 0 heterocycles. The van der Waals surface area contributed by atoms with Crippen molar-refractivity contribution >= 4 is 38.2 Å².